The zero-order valence-corrected chi connectivity index (χ0v) is 19.6. The van der Waals surface area contributed by atoms with E-state index in [2.05, 4.69) is 11.5 Å². The van der Waals surface area contributed by atoms with Crippen LogP contribution in [0.3, 0.4) is 0 Å². The second-order valence-corrected chi connectivity index (χ2v) is 7.39. The summed E-state index contributed by atoms with van der Waals surface area (Å²) in [4.78, 5) is 33.3. The summed E-state index contributed by atoms with van der Waals surface area (Å²) >= 11 is 0. The molecule has 0 bridgehead atoms. The lowest BCUT2D eigenvalue weighted by Gasteiger charge is -2.10. The van der Waals surface area contributed by atoms with Crippen LogP contribution in [-0.2, 0) is 9.59 Å². The summed E-state index contributed by atoms with van der Waals surface area (Å²) in [6.07, 6.45) is 7.34. The number of likely N-dealkylation sites (N-methyl/N-ethyl adjacent to an activating group) is 1. The molecular formula is C25H32FNO7. The number of aliphatic carboxylic acids is 2. The topological polar surface area (TPSA) is 124 Å². The number of carbonyl (C=O) groups excluding carboxylic acids is 1. The first-order chi connectivity index (χ1) is 16.0. The van der Waals surface area contributed by atoms with E-state index in [4.69, 9.17) is 14.9 Å². The first kappa shape index (κ1) is 30.4. The average Bonchev–Trinajstić information content (AvgIpc) is 2.73. The van der Waals surface area contributed by atoms with Gasteiger partial charge in [-0.15, -0.1) is 6.58 Å². The summed E-state index contributed by atoms with van der Waals surface area (Å²) in [5.41, 5.74) is 1.14. The van der Waals surface area contributed by atoms with Crippen LogP contribution in [0.5, 0.6) is 5.75 Å². The van der Waals surface area contributed by atoms with E-state index >= 15 is 0 Å². The van der Waals surface area contributed by atoms with Crippen LogP contribution in [0.4, 0.5) is 4.39 Å². The summed E-state index contributed by atoms with van der Waals surface area (Å²) in [6, 6.07) is 4.10. The Kier molecular flexibility index (Phi) is 15.2. The van der Waals surface area contributed by atoms with E-state index in [-0.39, 0.29) is 30.1 Å². The van der Waals surface area contributed by atoms with Gasteiger partial charge in [0.05, 0.1) is 6.10 Å². The van der Waals surface area contributed by atoms with Crippen LogP contribution in [0.15, 0.2) is 66.8 Å². The van der Waals surface area contributed by atoms with Crippen LogP contribution in [-0.4, -0.2) is 70.8 Å². The van der Waals surface area contributed by atoms with Gasteiger partial charge in [0.25, 0.3) is 0 Å². The molecular weight excluding hydrogens is 445 g/mol. The van der Waals surface area contributed by atoms with E-state index in [1.54, 1.807) is 6.08 Å². The number of carbonyl (C=O) groups is 3. The summed E-state index contributed by atoms with van der Waals surface area (Å²) in [5.74, 6) is -3.33. The van der Waals surface area contributed by atoms with Crippen molar-refractivity contribution in [3.05, 3.63) is 78.2 Å². The summed E-state index contributed by atoms with van der Waals surface area (Å²) in [5, 5.41) is 25.4. The van der Waals surface area contributed by atoms with Gasteiger partial charge < -0.3 is 20.1 Å². The monoisotopic (exact) mass is 477 g/mol. The number of hydrogen-bond acceptors (Lipinski definition) is 6. The number of carboxylic acid groups (broad SMARTS) is 2. The molecule has 9 heteroatoms. The molecule has 0 aliphatic heterocycles. The minimum atomic E-state index is -1.26. The first-order valence-electron chi connectivity index (χ1n) is 10.3. The van der Waals surface area contributed by atoms with Crippen molar-refractivity contribution in [1.29, 1.82) is 0 Å². The number of carboxylic acids is 2. The van der Waals surface area contributed by atoms with Crippen molar-refractivity contribution < 1.29 is 38.8 Å². The smallest absolute Gasteiger partial charge is 0.328 e. The van der Waals surface area contributed by atoms with Gasteiger partial charge in [0.15, 0.2) is 17.3 Å². The lowest BCUT2D eigenvalue weighted by molar-refractivity contribution is -0.134. The first-order valence-corrected chi connectivity index (χ1v) is 10.3. The third kappa shape index (κ3) is 15.3. The number of rotatable bonds is 13. The molecule has 0 fully saturated rings. The Bertz CT molecular complexity index is 902. The molecule has 1 rings (SSSR count). The van der Waals surface area contributed by atoms with Gasteiger partial charge in [0.2, 0.25) is 0 Å². The Hall–Kier alpha value is -3.56. The average molecular weight is 478 g/mol. The second kappa shape index (κ2) is 17.0. The highest BCUT2D eigenvalue weighted by Gasteiger charge is 2.13. The highest BCUT2D eigenvalue weighted by Crippen LogP contribution is 2.20. The standard InChI is InChI=1S/C21H28FNO3.C4H4O4/c1-5-10-23(4)11-6-7-12-26-21-9-8-17(14-19(21)22)20(25)15-18(24)13-16(2)3;5-3(6)1-2-4(7)8/h5-9,13-14,18,24H,1,10-12,15H2,2-4H3;1-2H,(H,5,6)(H,7,8)/b7-6+;2-1+. The van der Waals surface area contributed by atoms with Crippen molar-refractivity contribution in [3.63, 3.8) is 0 Å². The minimum Gasteiger partial charge on any atom is -0.486 e. The van der Waals surface area contributed by atoms with Gasteiger partial charge >= 0.3 is 11.9 Å². The molecule has 8 nitrogen and oxygen atoms in total. The van der Waals surface area contributed by atoms with Crippen molar-refractivity contribution in [2.75, 3.05) is 26.7 Å². The maximum atomic E-state index is 14.1. The molecule has 0 aromatic heterocycles. The number of Topliss-reactive ketones (excluding diaryl/α,β-unsaturated/α-hetero) is 1. The molecule has 34 heavy (non-hydrogen) atoms. The summed E-state index contributed by atoms with van der Waals surface area (Å²) in [7, 11) is 1.97. The van der Waals surface area contributed by atoms with Crippen LogP contribution in [0.2, 0.25) is 0 Å². The van der Waals surface area contributed by atoms with Crippen molar-refractivity contribution in [2.24, 2.45) is 0 Å². The maximum Gasteiger partial charge on any atom is 0.328 e. The predicted octanol–water partition coefficient (Wildman–Crippen LogP) is 3.49. The SMILES string of the molecule is C=CCN(C)C/C=C/COc1ccc(C(=O)CC(O)C=C(C)C)cc1F.O=C(O)/C=C/C(=O)O. The maximum absolute atomic E-state index is 14.1. The Labute approximate surface area is 199 Å². The summed E-state index contributed by atoms with van der Waals surface area (Å²) < 4.78 is 19.5. The zero-order chi connectivity index (χ0) is 26.1. The number of ketones is 1. The summed E-state index contributed by atoms with van der Waals surface area (Å²) in [6.45, 7) is 9.13. The van der Waals surface area contributed by atoms with Gasteiger partial charge in [-0.2, -0.15) is 0 Å². The Morgan fingerprint density at radius 2 is 1.74 bits per heavy atom. The molecule has 0 radical (unpaired) electrons. The van der Waals surface area contributed by atoms with Gasteiger partial charge in [0.1, 0.15) is 6.61 Å². The quantitative estimate of drug-likeness (QED) is 0.224. The Morgan fingerprint density at radius 3 is 2.24 bits per heavy atom. The Morgan fingerprint density at radius 1 is 1.12 bits per heavy atom. The molecule has 0 aliphatic carbocycles. The van der Waals surface area contributed by atoms with Crippen LogP contribution < -0.4 is 4.74 Å². The van der Waals surface area contributed by atoms with E-state index in [9.17, 15) is 23.9 Å². The number of aliphatic hydroxyl groups excluding tert-OH is 1. The molecule has 1 aromatic carbocycles. The van der Waals surface area contributed by atoms with Crippen LogP contribution in [0.1, 0.15) is 30.6 Å². The van der Waals surface area contributed by atoms with Gasteiger partial charge in [-0.05, 0) is 39.1 Å². The molecule has 1 aromatic rings. The molecule has 0 saturated heterocycles. The lowest BCUT2D eigenvalue weighted by atomic mass is 10.0. The third-order valence-corrected chi connectivity index (χ3v) is 3.90. The van der Waals surface area contributed by atoms with Crippen LogP contribution in [0, 0.1) is 5.82 Å². The number of halogens is 1. The largest absolute Gasteiger partial charge is 0.486 e. The van der Waals surface area contributed by atoms with Crippen molar-refractivity contribution >= 4 is 17.7 Å². The highest BCUT2D eigenvalue weighted by atomic mass is 19.1. The van der Waals surface area contributed by atoms with Crippen LogP contribution >= 0.6 is 0 Å². The highest BCUT2D eigenvalue weighted by molar-refractivity contribution is 5.96. The molecule has 0 amide bonds. The number of nitrogens with zero attached hydrogens (tertiary/aromatic N) is 1. The van der Waals surface area contributed by atoms with Crippen molar-refractivity contribution in [1.82, 2.24) is 4.90 Å². The molecule has 1 atom stereocenters. The fourth-order valence-electron chi connectivity index (χ4n) is 2.44. The number of ether oxygens (including phenoxy) is 1. The zero-order valence-electron chi connectivity index (χ0n) is 19.6. The van der Waals surface area contributed by atoms with Gasteiger partial charge in [0, 0.05) is 37.2 Å². The van der Waals surface area contributed by atoms with E-state index in [1.165, 1.54) is 12.1 Å². The molecule has 186 valence electrons. The van der Waals surface area contributed by atoms with E-state index in [0.717, 1.165) is 24.7 Å². The van der Waals surface area contributed by atoms with E-state index < -0.39 is 23.9 Å². The lowest BCUT2D eigenvalue weighted by Crippen LogP contribution is -2.17. The molecule has 0 spiro atoms. The van der Waals surface area contributed by atoms with Crippen molar-refractivity contribution in [2.45, 2.75) is 26.4 Å². The molecule has 0 heterocycles. The van der Waals surface area contributed by atoms with E-state index in [0.29, 0.717) is 12.2 Å². The number of hydrogen-bond donors (Lipinski definition) is 3. The number of allylic oxidation sites excluding steroid dienone is 1. The Balaban J connectivity index is 0.00000116. The fraction of sp³-hybridized carbons (Fsp3) is 0.320. The second-order valence-electron chi connectivity index (χ2n) is 7.39. The van der Waals surface area contributed by atoms with Gasteiger partial charge in [-0.1, -0.05) is 29.9 Å². The van der Waals surface area contributed by atoms with Gasteiger partial charge in [-0.25, -0.2) is 14.0 Å². The van der Waals surface area contributed by atoms with Crippen LogP contribution in [0.25, 0.3) is 0 Å². The number of aliphatic hydroxyl groups is 1. The predicted molar refractivity (Wildman–Crippen MR) is 128 cm³/mol. The molecule has 1 unspecified atom stereocenters. The fourth-order valence-corrected chi connectivity index (χ4v) is 2.44. The molecule has 0 aliphatic rings. The normalized spacial score (nSPS) is 11.6. The molecule has 0 saturated carbocycles. The van der Waals surface area contributed by atoms with Gasteiger partial charge in [-0.3, -0.25) is 9.69 Å². The third-order valence-electron chi connectivity index (χ3n) is 3.90. The number of benzene rings is 1. The molecule has 3 N–H and O–H groups in total. The van der Waals surface area contributed by atoms with Crippen molar-refractivity contribution in [3.8, 4) is 5.75 Å². The van der Waals surface area contributed by atoms with E-state index in [1.807, 2.05) is 39.1 Å². The minimum absolute atomic E-state index is 0.0776.